The molecule has 1 N–H and O–H groups in total. The van der Waals surface area contributed by atoms with Crippen LogP contribution in [0, 0.1) is 5.82 Å². The van der Waals surface area contributed by atoms with Crippen LogP contribution < -0.4 is 5.56 Å². The smallest absolute Gasteiger partial charge is 0.260 e. The van der Waals surface area contributed by atoms with Crippen molar-refractivity contribution in [3.05, 3.63) is 74.7 Å². The fourth-order valence-corrected chi connectivity index (χ4v) is 4.79. The monoisotopic (exact) mass is 399 g/mol. The number of nitrogens with one attached hydrogen (secondary N) is 1. The molecule has 0 saturated carbocycles. The van der Waals surface area contributed by atoms with E-state index < -0.39 is 0 Å². The molecule has 3 heterocycles. The van der Waals surface area contributed by atoms with Crippen LogP contribution in [0.2, 0.25) is 0 Å². The Balaban J connectivity index is 1.66. The van der Waals surface area contributed by atoms with E-state index in [1.54, 1.807) is 23.5 Å². The summed E-state index contributed by atoms with van der Waals surface area (Å²) in [5.41, 5.74) is 1.41. The molecule has 0 aliphatic carbocycles. The van der Waals surface area contributed by atoms with E-state index in [1.807, 2.05) is 47.8 Å². The molecule has 0 amide bonds. The number of thiophene rings is 2. The third-order valence-electron chi connectivity index (χ3n) is 4.68. The zero-order valence-electron chi connectivity index (χ0n) is 14.9. The molecule has 1 atom stereocenters. The average molecular weight is 400 g/mol. The summed E-state index contributed by atoms with van der Waals surface area (Å²) in [4.78, 5) is 24.1. The van der Waals surface area contributed by atoms with Gasteiger partial charge in [-0.05, 0) is 31.5 Å². The summed E-state index contributed by atoms with van der Waals surface area (Å²) < 4.78 is 13.9. The van der Waals surface area contributed by atoms with Crippen LogP contribution in [0.15, 0.2) is 52.0 Å². The molecule has 4 nitrogen and oxygen atoms in total. The first-order valence-electron chi connectivity index (χ1n) is 8.53. The number of aromatic nitrogens is 2. The van der Waals surface area contributed by atoms with E-state index in [4.69, 9.17) is 0 Å². The molecule has 4 rings (SSSR count). The lowest BCUT2D eigenvalue weighted by Gasteiger charge is -2.24. The quantitative estimate of drug-likeness (QED) is 0.511. The van der Waals surface area contributed by atoms with Gasteiger partial charge in [-0.2, -0.15) is 0 Å². The van der Waals surface area contributed by atoms with Crippen LogP contribution in [0.25, 0.3) is 20.7 Å². The van der Waals surface area contributed by atoms with Crippen molar-refractivity contribution in [2.24, 2.45) is 0 Å². The van der Waals surface area contributed by atoms with Gasteiger partial charge in [-0.1, -0.05) is 24.3 Å². The second kappa shape index (κ2) is 7.34. The van der Waals surface area contributed by atoms with E-state index in [9.17, 15) is 9.18 Å². The maximum Gasteiger partial charge on any atom is 0.260 e. The van der Waals surface area contributed by atoms with Gasteiger partial charge in [-0.15, -0.1) is 22.7 Å². The van der Waals surface area contributed by atoms with E-state index in [0.29, 0.717) is 23.3 Å². The number of aromatic amines is 1. The van der Waals surface area contributed by atoms with Crippen molar-refractivity contribution in [3.63, 3.8) is 0 Å². The van der Waals surface area contributed by atoms with Gasteiger partial charge in [-0.25, -0.2) is 9.37 Å². The molecule has 0 bridgehead atoms. The maximum atomic E-state index is 13.9. The van der Waals surface area contributed by atoms with E-state index in [2.05, 4.69) is 9.97 Å². The first-order valence-corrected chi connectivity index (χ1v) is 10.3. The van der Waals surface area contributed by atoms with Gasteiger partial charge in [0.2, 0.25) is 0 Å². The zero-order chi connectivity index (χ0) is 19.0. The largest absolute Gasteiger partial charge is 0.309 e. The van der Waals surface area contributed by atoms with Crippen LogP contribution in [-0.4, -0.2) is 21.9 Å². The lowest BCUT2D eigenvalue weighted by atomic mass is 10.1. The second-order valence-corrected chi connectivity index (χ2v) is 8.25. The Morgan fingerprint density at radius 1 is 1.22 bits per heavy atom. The normalized spacial score (nSPS) is 12.7. The lowest BCUT2D eigenvalue weighted by Crippen LogP contribution is -2.26. The fraction of sp³-hybridized carbons (Fsp3) is 0.200. The Kier molecular flexibility index (Phi) is 4.90. The fourth-order valence-electron chi connectivity index (χ4n) is 3.02. The Morgan fingerprint density at radius 2 is 2.04 bits per heavy atom. The Morgan fingerprint density at radius 3 is 2.78 bits per heavy atom. The minimum atomic E-state index is -0.229. The summed E-state index contributed by atoms with van der Waals surface area (Å²) in [6.45, 7) is 2.39. The Hall–Kier alpha value is -2.35. The predicted molar refractivity (Wildman–Crippen MR) is 110 cm³/mol. The summed E-state index contributed by atoms with van der Waals surface area (Å²) in [7, 11) is 1.90. The van der Waals surface area contributed by atoms with Crippen molar-refractivity contribution < 1.29 is 4.39 Å². The minimum Gasteiger partial charge on any atom is -0.309 e. The summed E-state index contributed by atoms with van der Waals surface area (Å²) in [6.07, 6.45) is 0. The van der Waals surface area contributed by atoms with E-state index in [0.717, 1.165) is 15.3 Å². The van der Waals surface area contributed by atoms with Crippen LogP contribution in [0.4, 0.5) is 4.39 Å². The third-order valence-corrected chi connectivity index (χ3v) is 6.46. The van der Waals surface area contributed by atoms with Crippen LogP contribution >= 0.6 is 22.7 Å². The second-order valence-electron chi connectivity index (χ2n) is 6.44. The van der Waals surface area contributed by atoms with Crippen molar-refractivity contribution >= 4 is 32.9 Å². The molecule has 0 radical (unpaired) electrons. The van der Waals surface area contributed by atoms with Crippen molar-refractivity contribution in [1.82, 2.24) is 14.9 Å². The van der Waals surface area contributed by atoms with Crippen molar-refractivity contribution in [2.45, 2.75) is 19.5 Å². The van der Waals surface area contributed by atoms with Crippen LogP contribution in [-0.2, 0) is 6.54 Å². The van der Waals surface area contributed by atoms with Gasteiger partial charge < -0.3 is 4.98 Å². The van der Waals surface area contributed by atoms with Crippen LogP contribution in [0.5, 0.6) is 0 Å². The topological polar surface area (TPSA) is 49.0 Å². The molecule has 138 valence electrons. The molecule has 0 aliphatic heterocycles. The average Bonchev–Trinajstić information content (AvgIpc) is 3.32. The minimum absolute atomic E-state index is 0.134. The highest BCUT2D eigenvalue weighted by molar-refractivity contribution is 7.18. The van der Waals surface area contributed by atoms with Gasteiger partial charge in [0.15, 0.2) is 0 Å². The molecule has 0 spiro atoms. The van der Waals surface area contributed by atoms with E-state index >= 15 is 0 Å². The molecule has 0 saturated heterocycles. The Bertz CT molecular complexity index is 1130. The summed E-state index contributed by atoms with van der Waals surface area (Å²) >= 11 is 3.08. The molecule has 27 heavy (non-hydrogen) atoms. The SMILES string of the molecule is C[C@H](c1nc2scc(-c3cccs3)c2c(=O)[nH]1)N(C)Cc1ccccc1F. The molecule has 0 aliphatic rings. The number of benzene rings is 1. The molecule has 4 aromatic rings. The zero-order valence-corrected chi connectivity index (χ0v) is 16.5. The maximum absolute atomic E-state index is 13.9. The van der Waals surface area contributed by atoms with E-state index in [1.165, 1.54) is 17.4 Å². The number of rotatable bonds is 5. The number of halogens is 1. The van der Waals surface area contributed by atoms with Gasteiger partial charge in [0, 0.05) is 27.9 Å². The van der Waals surface area contributed by atoms with Crippen LogP contribution in [0.1, 0.15) is 24.4 Å². The molecule has 7 heteroatoms. The molecule has 1 aromatic carbocycles. The lowest BCUT2D eigenvalue weighted by molar-refractivity contribution is 0.240. The first kappa shape index (κ1) is 18.0. The molecule has 3 aromatic heterocycles. The third kappa shape index (κ3) is 3.45. The molecular weight excluding hydrogens is 381 g/mol. The highest BCUT2D eigenvalue weighted by Crippen LogP contribution is 2.34. The first-order chi connectivity index (χ1) is 13.0. The number of fused-ring (bicyclic) bond motifs is 1. The number of hydrogen-bond acceptors (Lipinski definition) is 5. The standard InChI is InChI=1S/C20H18FN3OS2/c1-12(24(2)10-13-6-3-4-7-15(13)21)18-22-19(25)17-14(11-27-20(17)23-18)16-8-5-9-26-16/h3-9,11-12H,10H2,1-2H3,(H,22,23,25)/t12-/m1/s1. The van der Waals surface area contributed by atoms with Crippen LogP contribution in [0.3, 0.4) is 0 Å². The molecular formula is C20H18FN3OS2. The van der Waals surface area contributed by atoms with Crippen molar-refractivity contribution in [2.75, 3.05) is 7.05 Å². The summed E-state index contributed by atoms with van der Waals surface area (Å²) in [5, 5.41) is 4.61. The summed E-state index contributed by atoms with van der Waals surface area (Å²) in [6, 6.07) is 10.5. The van der Waals surface area contributed by atoms with Gasteiger partial charge in [0.1, 0.15) is 16.5 Å². The van der Waals surface area contributed by atoms with Gasteiger partial charge in [-0.3, -0.25) is 9.69 Å². The highest BCUT2D eigenvalue weighted by Gasteiger charge is 2.19. The molecule has 0 fully saturated rings. The Labute approximate surface area is 163 Å². The van der Waals surface area contributed by atoms with Gasteiger partial charge in [0.25, 0.3) is 5.56 Å². The number of H-pyrrole nitrogens is 1. The highest BCUT2D eigenvalue weighted by atomic mass is 32.1. The predicted octanol–water partition coefficient (Wildman–Crippen LogP) is 5.05. The molecule has 0 unspecified atom stereocenters. The van der Waals surface area contributed by atoms with Crippen molar-refractivity contribution in [3.8, 4) is 10.4 Å². The van der Waals surface area contributed by atoms with Gasteiger partial charge in [0.05, 0.1) is 11.4 Å². The van der Waals surface area contributed by atoms with Crippen molar-refractivity contribution in [1.29, 1.82) is 0 Å². The van der Waals surface area contributed by atoms with E-state index in [-0.39, 0.29) is 17.4 Å². The summed E-state index contributed by atoms with van der Waals surface area (Å²) in [5.74, 6) is 0.359. The number of hydrogen-bond donors (Lipinski definition) is 1. The number of nitrogens with zero attached hydrogens (tertiary/aromatic N) is 2. The van der Waals surface area contributed by atoms with Gasteiger partial charge >= 0.3 is 0 Å².